The molecule has 0 spiro atoms. The minimum absolute atomic E-state index is 0.260. The molecule has 4 heteroatoms. The monoisotopic (exact) mass is 266 g/mol. The summed E-state index contributed by atoms with van der Waals surface area (Å²) >= 11 is 0. The summed E-state index contributed by atoms with van der Waals surface area (Å²) in [6.45, 7) is 4.87. The molecule has 20 heavy (non-hydrogen) atoms. The Morgan fingerprint density at radius 2 is 1.95 bits per heavy atom. The van der Waals surface area contributed by atoms with Crippen molar-refractivity contribution in [3.05, 3.63) is 53.7 Å². The molecule has 0 aliphatic rings. The molecule has 0 saturated heterocycles. The van der Waals surface area contributed by atoms with Crippen LogP contribution in [0, 0.1) is 11.3 Å². The molecule has 4 nitrogen and oxygen atoms in total. The van der Waals surface area contributed by atoms with E-state index >= 15 is 0 Å². The average molecular weight is 266 g/mol. The first-order valence-electron chi connectivity index (χ1n) is 6.59. The lowest BCUT2D eigenvalue weighted by atomic mass is 10.1. The molecule has 1 aromatic carbocycles. The Bertz CT molecular complexity index is 628. The van der Waals surface area contributed by atoms with E-state index in [0.717, 1.165) is 17.1 Å². The van der Waals surface area contributed by atoms with Gasteiger partial charge in [0, 0.05) is 18.3 Å². The Morgan fingerprint density at radius 1 is 1.20 bits per heavy atom. The maximum Gasteiger partial charge on any atom is 0.142 e. The van der Waals surface area contributed by atoms with Gasteiger partial charge in [-0.05, 0) is 37.6 Å². The fourth-order valence-corrected chi connectivity index (χ4v) is 2.04. The van der Waals surface area contributed by atoms with Crippen LogP contribution in [-0.2, 0) is 6.54 Å². The molecule has 1 heterocycles. The summed E-state index contributed by atoms with van der Waals surface area (Å²) in [5, 5.41) is 8.97. The number of nitrogen functional groups attached to an aromatic ring is 1. The van der Waals surface area contributed by atoms with Gasteiger partial charge < -0.3 is 10.6 Å². The third-order valence-corrected chi connectivity index (χ3v) is 3.16. The molecule has 0 amide bonds. The van der Waals surface area contributed by atoms with E-state index in [1.165, 1.54) is 0 Å². The lowest BCUT2D eigenvalue weighted by Crippen LogP contribution is -2.31. The number of anilines is 2. The highest BCUT2D eigenvalue weighted by Gasteiger charge is 2.14. The van der Waals surface area contributed by atoms with Crippen LogP contribution in [0.1, 0.15) is 25.1 Å². The SMILES string of the molecule is CC(C)N(Cc1ccccc1N)c1cccc(C#N)n1. The number of para-hydroxylation sites is 1. The lowest BCUT2D eigenvalue weighted by molar-refractivity contribution is 0.673. The Hall–Kier alpha value is -2.54. The molecule has 1 aromatic heterocycles. The predicted molar refractivity (Wildman–Crippen MR) is 81.1 cm³/mol. The molecule has 0 atom stereocenters. The second kappa shape index (κ2) is 6.07. The summed E-state index contributed by atoms with van der Waals surface area (Å²) in [5.74, 6) is 0.794. The van der Waals surface area contributed by atoms with Crippen molar-refractivity contribution in [2.24, 2.45) is 0 Å². The summed E-state index contributed by atoms with van der Waals surface area (Å²) in [7, 11) is 0. The van der Waals surface area contributed by atoms with Crippen LogP contribution in [-0.4, -0.2) is 11.0 Å². The van der Waals surface area contributed by atoms with Crippen LogP contribution in [0.5, 0.6) is 0 Å². The molecular weight excluding hydrogens is 248 g/mol. The van der Waals surface area contributed by atoms with Crippen LogP contribution in [0.4, 0.5) is 11.5 Å². The van der Waals surface area contributed by atoms with Gasteiger partial charge in [-0.25, -0.2) is 4.98 Å². The fraction of sp³-hybridized carbons (Fsp3) is 0.250. The highest BCUT2D eigenvalue weighted by Crippen LogP contribution is 2.21. The van der Waals surface area contributed by atoms with Gasteiger partial charge in [0.25, 0.3) is 0 Å². The Morgan fingerprint density at radius 3 is 2.60 bits per heavy atom. The number of nitrogens with two attached hydrogens (primary N) is 1. The number of nitriles is 1. The molecule has 0 bridgehead atoms. The van der Waals surface area contributed by atoms with Crippen molar-refractivity contribution in [2.45, 2.75) is 26.4 Å². The van der Waals surface area contributed by atoms with Gasteiger partial charge in [-0.3, -0.25) is 0 Å². The molecule has 0 aliphatic carbocycles. The second-order valence-electron chi connectivity index (χ2n) is 4.91. The van der Waals surface area contributed by atoms with Crippen LogP contribution in [0.3, 0.4) is 0 Å². The first kappa shape index (κ1) is 13.9. The van der Waals surface area contributed by atoms with Gasteiger partial charge in [-0.2, -0.15) is 5.26 Å². The maximum absolute atomic E-state index is 8.97. The molecule has 0 saturated carbocycles. The Labute approximate surface area is 119 Å². The molecule has 0 unspecified atom stereocenters. The summed E-state index contributed by atoms with van der Waals surface area (Å²) in [5.41, 5.74) is 8.26. The van der Waals surface area contributed by atoms with Crippen LogP contribution >= 0.6 is 0 Å². The van der Waals surface area contributed by atoms with E-state index in [-0.39, 0.29) is 6.04 Å². The van der Waals surface area contributed by atoms with Crippen molar-refractivity contribution in [3.63, 3.8) is 0 Å². The molecule has 0 radical (unpaired) electrons. The summed E-state index contributed by atoms with van der Waals surface area (Å²) in [6, 6.07) is 15.6. The van der Waals surface area contributed by atoms with Gasteiger partial charge in [0.1, 0.15) is 17.6 Å². The van der Waals surface area contributed by atoms with E-state index in [1.54, 1.807) is 6.07 Å². The molecule has 2 N–H and O–H groups in total. The smallest absolute Gasteiger partial charge is 0.142 e. The fourth-order valence-electron chi connectivity index (χ4n) is 2.04. The van der Waals surface area contributed by atoms with Crippen LogP contribution in [0.15, 0.2) is 42.5 Å². The molecular formula is C16H18N4. The van der Waals surface area contributed by atoms with Crippen molar-refractivity contribution in [2.75, 3.05) is 10.6 Å². The molecule has 0 fully saturated rings. The first-order valence-corrected chi connectivity index (χ1v) is 6.59. The summed E-state index contributed by atoms with van der Waals surface area (Å²) in [4.78, 5) is 6.49. The van der Waals surface area contributed by atoms with Crippen LogP contribution in [0.2, 0.25) is 0 Å². The van der Waals surface area contributed by atoms with Gasteiger partial charge in [-0.1, -0.05) is 24.3 Å². The average Bonchev–Trinajstić information content (AvgIpc) is 2.46. The number of benzene rings is 1. The zero-order valence-corrected chi connectivity index (χ0v) is 11.7. The third-order valence-electron chi connectivity index (χ3n) is 3.16. The normalized spacial score (nSPS) is 10.3. The number of rotatable bonds is 4. The first-order chi connectivity index (χ1) is 9.61. The molecule has 0 aliphatic heterocycles. The quantitative estimate of drug-likeness (QED) is 0.864. The standard InChI is InChI=1S/C16H18N4/c1-12(2)20(11-13-6-3-4-8-15(13)18)16-9-5-7-14(10-17)19-16/h3-9,12H,11,18H2,1-2H3. The Kier molecular flexibility index (Phi) is 4.21. The maximum atomic E-state index is 8.97. The Balaban J connectivity index is 2.32. The van der Waals surface area contributed by atoms with E-state index in [2.05, 4.69) is 29.8 Å². The zero-order chi connectivity index (χ0) is 14.5. The predicted octanol–water partition coefficient (Wildman–Crippen LogP) is 2.95. The molecule has 102 valence electrons. The van der Waals surface area contributed by atoms with Gasteiger partial charge in [-0.15, -0.1) is 0 Å². The van der Waals surface area contributed by atoms with Crippen molar-refractivity contribution in [1.29, 1.82) is 5.26 Å². The van der Waals surface area contributed by atoms with E-state index in [0.29, 0.717) is 12.2 Å². The van der Waals surface area contributed by atoms with E-state index in [9.17, 15) is 0 Å². The highest BCUT2D eigenvalue weighted by atomic mass is 15.2. The van der Waals surface area contributed by atoms with Gasteiger partial charge in [0.2, 0.25) is 0 Å². The van der Waals surface area contributed by atoms with E-state index < -0.39 is 0 Å². The van der Waals surface area contributed by atoms with Crippen molar-refractivity contribution >= 4 is 11.5 Å². The summed E-state index contributed by atoms with van der Waals surface area (Å²) in [6.07, 6.45) is 0. The summed E-state index contributed by atoms with van der Waals surface area (Å²) < 4.78 is 0. The van der Waals surface area contributed by atoms with Crippen molar-refractivity contribution in [3.8, 4) is 6.07 Å². The van der Waals surface area contributed by atoms with Gasteiger partial charge in [0.05, 0.1) is 0 Å². The van der Waals surface area contributed by atoms with Crippen LogP contribution < -0.4 is 10.6 Å². The van der Waals surface area contributed by atoms with E-state index in [4.69, 9.17) is 11.0 Å². The minimum atomic E-state index is 0.260. The molecule has 2 rings (SSSR count). The number of nitrogens with zero attached hydrogens (tertiary/aromatic N) is 3. The van der Waals surface area contributed by atoms with Gasteiger partial charge >= 0.3 is 0 Å². The lowest BCUT2D eigenvalue weighted by Gasteiger charge is -2.28. The third kappa shape index (κ3) is 3.07. The minimum Gasteiger partial charge on any atom is -0.398 e. The van der Waals surface area contributed by atoms with Crippen LogP contribution in [0.25, 0.3) is 0 Å². The number of aromatic nitrogens is 1. The number of hydrogen-bond donors (Lipinski definition) is 1. The van der Waals surface area contributed by atoms with Crippen molar-refractivity contribution in [1.82, 2.24) is 4.98 Å². The van der Waals surface area contributed by atoms with E-state index in [1.807, 2.05) is 36.4 Å². The second-order valence-corrected chi connectivity index (χ2v) is 4.91. The largest absolute Gasteiger partial charge is 0.398 e. The topological polar surface area (TPSA) is 65.9 Å². The van der Waals surface area contributed by atoms with Gasteiger partial charge in [0.15, 0.2) is 0 Å². The van der Waals surface area contributed by atoms with Crippen molar-refractivity contribution < 1.29 is 0 Å². The number of pyridine rings is 1. The number of hydrogen-bond acceptors (Lipinski definition) is 4. The zero-order valence-electron chi connectivity index (χ0n) is 11.7. The molecule has 2 aromatic rings. The highest BCUT2D eigenvalue weighted by molar-refractivity contribution is 5.50.